The first-order valence-electron chi connectivity index (χ1n) is 11.0. The normalized spacial score (nSPS) is 16.3. The monoisotopic (exact) mass is 469 g/mol. The van der Waals surface area contributed by atoms with Gasteiger partial charge in [0.1, 0.15) is 5.71 Å². The van der Waals surface area contributed by atoms with Crippen molar-refractivity contribution in [3.63, 3.8) is 0 Å². The molecule has 0 spiro atoms. The quantitative estimate of drug-likeness (QED) is 0.304. The Morgan fingerprint density at radius 2 is 1.91 bits per heavy atom. The average molecular weight is 469 g/mol. The topological polar surface area (TPSA) is 124 Å². The van der Waals surface area contributed by atoms with Gasteiger partial charge >= 0.3 is 7.60 Å². The number of rotatable bonds is 10. The van der Waals surface area contributed by atoms with Crippen molar-refractivity contribution in [2.75, 3.05) is 19.3 Å². The zero-order valence-corrected chi connectivity index (χ0v) is 19.4. The van der Waals surface area contributed by atoms with Gasteiger partial charge in [-0.3, -0.25) is 9.57 Å². The molecule has 3 aromatic rings. The Bertz CT molecular complexity index is 1130. The highest BCUT2D eigenvalue weighted by molar-refractivity contribution is 7.51. The van der Waals surface area contributed by atoms with Crippen LogP contribution in [0, 0.1) is 0 Å². The number of nitrogens with one attached hydrogen (secondary N) is 1. The summed E-state index contributed by atoms with van der Waals surface area (Å²) in [4.78, 5) is 22.4. The maximum Gasteiger partial charge on any atom is 0.325 e. The molecule has 0 saturated carbocycles. The fraction of sp³-hybridized carbons (Fsp3) is 0.348. The zero-order valence-electron chi connectivity index (χ0n) is 18.5. The van der Waals surface area contributed by atoms with Crippen molar-refractivity contribution in [3.8, 4) is 11.4 Å². The van der Waals surface area contributed by atoms with Crippen molar-refractivity contribution in [2.24, 2.45) is 5.10 Å². The second-order valence-corrected chi connectivity index (χ2v) is 9.75. The maximum atomic E-state index is 10.9. The fourth-order valence-corrected chi connectivity index (χ4v) is 4.38. The first kappa shape index (κ1) is 23.3. The molecule has 1 aromatic heterocycles. The van der Waals surface area contributed by atoms with Crippen molar-refractivity contribution in [2.45, 2.75) is 32.4 Å². The molecule has 0 radical (unpaired) electrons. The standard InChI is InChI=1S/C23H28N5O4P/c1-2-28-21(18-7-4-3-5-8-18)15-20(26-28)23-25-22(27-32-23)19-11-9-17(10-12-19)16-24-13-6-14-33(29,30)31/h3-5,7-12,21,24H,2,6,13-16H2,1H3,(H2,29,30,31). The van der Waals surface area contributed by atoms with E-state index in [4.69, 9.17) is 19.4 Å². The largest absolute Gasteiger partial charge is 0.332 e. The third-order valence-electron chi connectivity index (χ3n) is 5.52. The van der Waals surface area contributed by atoms with Crippen molar-refractivity contribution < 1.29 is 18.9 Å². The molecule has 0 aliphatic carbocycles. The van der Waals surface area contributed by atoms with Crippen LogP contribution in [0.2, 0.25) is 0 Å². The van der Waals surface area contributed by atoms with Crippen molar-refractivity contribution in [1.29, 1.82) is 0 Å². The van der Waals surface area contributed by atoms with E-state index in [2.05, 4.69) is 39.5 Å². The predicted molar refractivity (Wildman–Crippen MR) is 126 cm³/mol. The fourth-order valence-electron chi connectivity index (χ4n) is 3.81. The summed E-state index contributed by atoms with van der Waals surface area (Å²) >= 11 is 0. The molecule has 10 heteroatoms. The van der Waals surface area contributed by atoms with E-state index in [1.165, 1.54) is 5.56 Å². The number of hydrogen-bond acceptors (Lipinski definition) is 7. The van der Waals surface area contributed by atoms with Crippen LogP contribution in [0.3, 0.4) is 0 Å². The van der Waals surface area contributed by atoms with Crippen LogP contribution < -0.4 is 5.32 Å². The smallest absolute Gasteiger partial charge is 0.325 e. The molecule has 0 amide bonds. The molecule has 1 aliphatic heterocycles. The summed E-state index contributed by atoms with van der Waals surface area (Å²) in [5.74, 6) is 0.956. The molecule has 9 nitrogen and oxygen atoms in total. The molecule has 4 rings (SSSR count). The lowest BCUT2D eigenvalue weighted by atomic mass is 10.0. The van der Waals surface area contributed by atoms with Crippen molar-refractivity contribution >= 4 is 13.3 Å². The van der Waals surface area contributed by atoms with Gasteiger partial charge in [-0.15, -0.1) is 0 Å². The molecule has 33 heavy (non-hydrogen) atoms. The average Bonchev–Trinajstić information content (AvgIpc) is 3.46. The van der Waals surface area contributed by atoms with E-state index in [0.717, 1.165) is 23.4 Å². The molecular weight excluding hydrogens is 441 g/mol. The predicted octanol–water partition coefficient (Wildman–Crippen LogP) is 3.57. The number of hydrogen-bond donors (Lipinski definition) is 3. The van der Waals surface area contributed by atoms with Crippen LogP contribution in [0.15, 0.2) is 64.2 Å². The number of aromatic nitrogens is 2. The SMILES string of the molecule is CCN1N=C(c2nc(-c3ccc(CNCCCP(=O)(O)O)cc3)no2)CC1c1ccccc1. The van der Waals surface area contributed by atoms with Gasteiger partial charge in [0.25, 0.3) is 5.89 Å². The van der Waals surface area contributed by atoms with Gasteiger partial charge < -0.3 is 19.6 Å². The minimum absolute atomic E-state index is 0.105. The van der Waals surface area contributed by atoms with E-state index in [1.54, 1.807) is 0 Å². The van der Waals surface area contributed by atoms with Crippen LogP contribution in [0.25, 0.3) is 11.4 Å². The Morgan fingerprint density at radius 3 is 2.61 bits per heavy atom. The molecule has 0 saturated heterocycles. The Labute approximate surface area is 192 Å². The number of nitrogens with zero attached hydrogens (tertiary/aromatic N) is 4. The molecule has 0 fully saturated rings. The Hall–Kier alpha value is -2.84. The second-order valence-electron chi connectivity index (χ2n) is 7.97. The lowest BCUT2D eigenvalue weighted by Gasteiger charge is -2.21. The minimum atomic E-state index is -3.92. The summed E-state index contributed by atoms with van der Waals surface area (Å²) in [5.41, 5.74) is 3.91. The molecule has 1 aliphatic rings. The highest BCUT2D eigenvalue weighted by Gasteiger charge is 2.30. The van der Waals surface area contributed by atoms with Gasteiger partial charge in [-0.25, -0.2) is 0 Å². The van der Waals surface area contributed by atoms with Gasteiger partial charge in [-0.1, -0.05) is 59.8 Å². The summed E-state index contributed by atoms with van der Waals surface area (Å²) in [7, 11) is -3.92. The minimum Gasteiger partial charge on any atom is -0.332 e. The molecule has 2 aromatic carbocycles. The van der Waals surface area contributed by atoms with Crippen molar-refractivity contribution in [3.05, 3.63) is 71.6 Å². The number of hydrazone groups is 1. The highest BCUT2D eigenvalue weighted by Crippen LogP contribution is 2.34. The van der Waals surface area contributed by atoms with Crippen LogP contribution in [-0.4, -0.2) is 49.9 Å². The molecule has 1 unspecified atom stereocenters. The molecule has 0 bridgehead atoms. The summed E-state index contributed by atoms with van der Waals surface area (Å²) in [6.45, 7) is 4.03. The van der Waals surface area contributed by atoms with E-state index in [1.807, 2.05) is 42.5 Å². The molecular formula is C23H28N5O4P. The number of benzene rings is 2. The van der Waals surface area contributed by atoms with Gasteiger partial charge in [0.2, 0.25) is 5.82 Å². The summed E-state index contributed by atoms with van der Waals surface area (Å²) in [6, 6.07) is 18.3. The second kappa shape index (κ2) is 10.4. The van der Waals surface area contributed by atoms with Crippen molar-refractivity contribution in [1.82, 2.24) is 20.5 Å². The first-order chi connectivity index (χ1) is 15.9. The third kappa shape index (κ3) is 6.15. The van der Waals surface area contributed by atoms with Gasteiger partial charge in [-0.2, -0.15) is 10.1 Å². The first-order valence-corrected chi connectivity index (χ1v) is 12.8. The van der Waals surface area contributed by atoms with Gasteiger partial charge in [0.05, 0.1) is 12.2 Å². The molecule has 3 N–H and O–H groups in total. The third-order valence-corrected chi connectivity index (χ3v) is 6.42. The van der Waals surface area contributed by atoms with Gasteiger partial charge in [0, 0.05) is 25.1 Å². The Balaban J connectivity index is 1.36. The summed E-state index contributed by atoms with van der Waals surface area (Å²) < 4.78 is 16.4. The zero-order chi connectivity index (χ0) is 23.3. The van der Waals surface area contributed by atoms with E-state index < -0.39 is 7.60 Å². The van der Waals surface area contributed by atoms with E-state index in [-0.39, 0.29) is 12.2 Å². The summed E-state index contributed by atoms with van der Waals surface area (Å²) in [6.07, 6.45) is 1.04. The molecule has 1 atom stereocenters. The van der Waals surface area contributed by atoms with E-state index >= 15 is 0 Å². The lowest BCUT2D eigenvalue weighted by Crippen LogP contribution is -2.18. The van der Waals surface area contributed by atoms with E-state index in [9.17, 15) is 4.57 Å². The highest BCUT2D eigenvalue weighted by atomic mass is 31.2. The van der Waals surface area contributed by atoms with E-state index in [0.29, 0.717) is 37.6 Å². The lowest BCUT2D eigenvalue weighted by molar-refractivity contribution is 0.246. The summed E-state index contributed by atoms with van der Waals surface area (Å²) in [5, 5.41) is 14.1. The Morgan fingerprint density at radius 1 is 1.15 bits per heavy atom. The van der Waals surface area contributed by atoms with Crippen LogP contribution >= 0.6 is 7.60 Å². The Kier molecular flexibility index (Phi) is 7.35. The van der Waals surface area contributed by atoms with Crippen LogP contribution in [0.4, 0.5) is 0 Å². The van der Waals surface area contributed by atoms with Crippen LogP contribution in [-0.2, 0) is 11.1 Å². The van der Waals surface area contributed by atoms with Gasteiger partial charge in [-0.05, 0) is 31.0 Å². The van der Waals surface area contributed by atoms with Crippen LogP contribution in [0.5, 0.6) is 0 Å². The molecule has 2 heterocycles. The van der Waals surface area contributed by atoms with Crippen LogP contribution in [0.1, 0.15) is 42.8 Å². The maximum absolute atomic E-state index is 10.9. The molecule has 174 valence electrons. The van der Waals surface area contributed by atoms with Gasteiger partial charge in [0.15, 0.2) is 0 Å².